The summed E-state index contributed by atoms with van der Waals surface area (Å²) in [6.45, 7) is 4.09. The van der Waals surface area contributed by atoms with E-state index in [4.69, 9.17) is 5.73 Å². The van der Waals surface area contributed by atoms with E-state index in [2.05, 4.69) is 15.0 Å². The van der Waals surface area contributed by atoms with Crippen LogP contribution in [-0.2, 0) is 15.6 Å². The van der Waals surface area contributed by atoms with Crippen molar-refractivity contribution in [1.29, 1.82) is 0 Å². The van der Waals surface area contributed by atoms with Crippen molar-refractivity contribution in [2.45, 2.75) is 37.1 Å². The fourth-order valence-electron chi connectivity index (χ4n) is 3.01. The van der Waals surface area contributed by atoms with E-state index >= 15 is 0 Å². The van der Waals surface area contributed by atoms with Gasteiger partial charge >= 0.3 is 0 Å². The second-order valence-corrected chi connectivity index (χ2v) is 7.76. The number of anilines is 1. The zero-order valence-electron chi connectivity index (χ0n) is 13.1. The average molecular weight is 333 g/mol. The molecule has 0 unspecified atom stereocenters. The summed E-state index contributed by atoms with van der Waals surface area (Å²) < 4.78 is 27.4. The summed E-state index contributed by atoms with van der Waals surface area (Å²) in [6, 6.07) is 4.83. The van der Waals surface area contributed by atoms with Crippen LogP contribution in [0.2, 0.25) is 0 Å². The molecule has 1 atom stereocenters. The molecule has 122 valence electrons. The smallest absolute Gasteiger partial charge is 0.245 e. The van der Waals surface area contributed by atoms with Gasteiger partial charge in [-0.25, -0.2) is 18.4 Å². The van der Waals surface area contributed by atoms with Crippen LogP contribution in [0.15, 0.2) is 35.5 Å². The summed E-state index contributed by atoms with van der Waals surface area (Å²) in [5, 5.41) is 0. The SMILES string of the molecule is Cc1cc(N)nc([C@@]2(C)CCCN2S(=O)(=O)c2cccnc2)n1. The predicted octanol–water partition coefficient (Wildman–Crippen LogP) is 1.46. The van der Waals surface area contributed by atoms with E-state index in [1.165, 1.54) is 10.5 Å². The lowest BCUT2D eigenvalue weighted by atomic mass is 9.99. The second-order valence-electron chi connectivity index (χ2n) is 5.90. The number of nitrogens with zero attached hydrogens (tertiary/aromatic N) is 4. The van der Waals surface area contributed by atoms with Gasteiger partial charge in [-0.05, 0) is 38.8 Å². The number of pyridine rings is 1. The van der Waals surface area contributed by atoms with Crippen molar-refractivity contribution in [2.75, 3.05) is 12.3 Å². The molecule has 23 heavy (non-hydrogen) atoms. The fourth-order valence-corrected chi connectivity index (χ4v) is 4.78. The van der Waals surface area contributed by atoms with E-state index in [0.717, 1.165) is 12.1 Å². The highest BCUT2D eigenvalue weighted by molar-refractivity contribution is 7.89. The maximum atomic E-state index is 13.0. The Labute approximate surface area is 135 Å². The maximum absolute atomic E-state index is 13.0. The number of nitrogens with two attached hydrogens (primary N) is 1. The van der Waals surface area contributed by atoms with Gasteiger partial charge in [-0.15, -0.1) is 0 Å². The van der Waals surface area contributed by atoms with Crippen molar-refractivity contribution < 1.29 is 8.42 Å². The van der Waals surface area contributed by atoms with Crippen LogP contribution in [0.4, 0.5) is 5.82 Å². The number of nitrogen functional groups attached to an aromatic ring is 1. The fraction of sp³-hybridized carbons (Fsp3) is 0.400. The Hall–Kier alpha value is -2.06. The molecule has 0 aliphatic carbocycles. The van der Waals surface area contributed by atoms with Crippen LogP contribution in [0.25, 0.3) is 0 Å². The Morgan fingerprint density at radius 2 is 2.13 bits per heavy atom. The Bertz CT molecular complexity index is 805. The summed E-state index contributed by atoms with van der Waals surface area (Å²) in [6.07, 6.45) is 4.30. The highest BCUT2D eigenvalue weighted by Crippen LogP contribution is 2.40. The predicted molar refractivity (Wildman–Crippen MR) is 85.9 cm³/mol. The summed E-state index contributed by atoms with van der Waals surface area (Å²) in [5.41, 5.74) is 5.73. The summed E-state index contributed by atoms with van der Waals surface area (Å²) in [5.74, 6) is 0.791. The van der Waals surface area contributed by atoms with Gasteiger partial charge in [0, 0.05) is 30.7 Å². The first kappa shape index (κ1) is 15.8. The minimum atomic E-state index is -3.67. The van der Waals surface area contributed by atoms with Crippen LogP contribution in [0, 0.1) is 6.92 Å². The van der Waals surface area contributed by atoms with E-state index in [0.29, 0.717) is 24.6 Å². The maximum Gasteiger partial charge on any atom is 0.245 e. The lowest BCUT2D eigenvalue weighted by Crippen LogP contribution is -2.44. The van der Waals surface area contributed by atoms with E-state index in [1.54, 1.807) is 24.4 Å². The molecule has 2 aromatic heterocycles. The number of aryl methyl sites for hydroxylation is 1. The van der Waals surface area contributed by atoms with Crippen LogP contribution < -0.4 is 5.73 Å². The standard InChI is InChI=1S/C15H19N5O2S/c1-11-9-13(16)19-14(18-11)15(2)6-4-8-20(15)23(21,22)12-5-3-7-17-10-12/h3,5,7,9-10H,4,6,8H2,1-2H3,(H2,16,18,19)/t15-/m1/s1. The highest BCUT2D eigenvalue weighted by Gasteiger charge is 2.47. The first-order chi connectivity index (χ1) is 10.8. The van der Waals surface area contributed by atoms with Gasteiger partial charge in [-0.2, -0.15) is 4.31 Å². The molecule has 3 rings (SSSR count). The van der Waals surface area contributed by atoms with Crippen molar-refractivity contribution in [2.24, 2.45) is 0 Å². The van der Waals surface area contributed by atoms with Gasteiger partial charge < -0.3 is 5.73 Å². The van der Waals surface area contributed by atoms with Crippen LogP contribution in [0.1, 0.15) is 31.3 Å². The molecule has 1 aliphatic rings. The Morgan fingerprint density at radius 1 is 1.35 bits per heavy atom. The zero-order chi connectivity index (χ0) is 16.7. The number of hydrogen-bond acceptors (Lipinski definition) is 6. The van der Waals surface area contributed by atoms with E-state index in [9.17, 15) is 8.42 Å². The number of hydrogen-bond donors (Lipinski definition) is 1. The van der Waals surface area contributed by atoms with E-state index in [1.807, 2.05) is 13.8 Å². The molecule has 0 saturated carbocycles. The van der Waals surface area contributed by atoms with Gasteiger partial charge in [0.25, 0.3) is 0 Å². The molecule has 1 aliphatic heterocycles. The summed E-state index contributed by atoms with van der Waals surface area (Å²) in [4.78, 5) is 12.8. The zero-order valence-corrected chi connectivity index (χ0v) is 13.9. The first-order valence-corrected chi connectivity index (χ1v) is 8.82. The number of rotatable bonds is 3. The van der Waals surface area contributed by atoms with Crippen molar-refractivity contribution in [3.63, 3.8) is 0 Å². The lowest BCUT2D eigenvalue weighted by Gasteiger charge is -2.33. The number of aromatic nitrogens is 3. The monoisotopic (exact) mass is 333 g/mol. The minimum Gasteiger partial charge on any atom is -0.384 e. The highest BCUT2D eigenvalue weighted by atomic mass is 32.2. The molecule has 8 heteroatoms. The molecule has 3 heterocycles. The van der Waals surface area contributed by atoms with Crippen molar-refractivity contribution in [1.82, 2.24) is 19.3 Å². The van der Waals surface area contributed by atoms with Gasteiger partial charge in [-0.3, -0.25) is 4.98 Å². The molecule has 7 nitrogen and oxygen atoms in total. The molecule has 1 fully saturated rings. The Kier molecular flexibility index (Phi) is 3.81. The minimum absolute atomic E-state index is 0.175. The molecule has 1 saturated heterocycles. The third-order valence-corrected chi connectivity index (χ3v) is 6.16. The Morgan fingerprint density at radius 3 is 2.78 bits per heavy atom. The third kappa shape index (κ3) is 2.68. The quantitative estimate of drug-likeness (QED) is 0.912. The van der Waals surface area contributed by atoms with Gasteiger partial charge in [0.1, 0.15) is 10.7 Å². The molecule has 2 aromatic rings. The largest absolute Gasteiger partial charge is 0.384 e. The summed E-state index contributed by atoms with van der Waals surface area (Å²) in [7, 11) is -3.67. The molecular formula is C15H19N5O2S. The second kappa shape index (κ2) is 5.54. The van der Waals surface area contributed by atoms with Crippen LogP contribution in [-0.4, -0.2) is 34.2 Å². The van der Waals surface area contributed by atoms with Gasteiger partial charge in [0.15, 0.2) is 5.82 Å². The third-order valence-electron chi connectivity index (χ3n) is 4.15. The van der Waals surface area contributed by atoms with Crippen molar-refractivity contribution >= 4 is 15.8 Å². The Balaban J connectivity index is 2.09. The first-order valence-electron chi connectivity index (χ1n) is 7.38. The van der Waals surface area contributed by atoms with Gasteiger partial charge in [0.2, 0.25) is 10.0 Å². The van der Waals surface area contributed by atoms with E-state index < -0.39 is 15.6 Å². The summed E-state index contributed by atoms with van der Waals surface area (Å²) >= 11 is 0. The normalized spacial score (nSPS) is 22.3. The molecule has 0 radical (unpaired) electrons. The topological polar surface area (TPSA) is 102 Å². The molecular weight excluding hydrogens is 314 g/mol. The van der Waals surface area contributed by atoms with E-state index in [-0.39, 0.29) is 4.90 Å². The molecule has 0 aromatic carbocycles. The van der Waals surface area contributed by atoms with Crippen LogP contribution in [0.5, 0.6) is 0 Å². The molecule has 0 amide bonds. The molecule has 0 bridgehead atoms. The lowest BCUT2D eigenvalue weighted by molar-refractivity contribution is 0.255. The number of sulfonamides is 1. The molecule has 0 spiro atoms. The van der Waals surface area contributed by atoms with Crippen molar-refractivity contribution in [3.05, 3.63) is 42.1 Å². The van der Waals surface area contributed by atoms with Gasteiger partial charge in [-0.1, -0.05) is 0 Å². The average Bonchev–Trinajstić information content (AvgIpc) is 2.91. The van der Waals surface area contributed by atoms with Crippen molar-refractivity contribution in [3.8, 4) is 0 Å². The van der Waals surface area contributed by atoms with Crippen LogP contribution in [0.3, 0.4) is 0 Å². The van der Waals surface area contributed by atoms with Gasteiger partial charge in [0.05, 0.1) is 5.54 Å². The molecule has 2 N–H and O–H groups in total. The van der Waals surface area contributed by atoms with Crippen LogP contribution >= 0.6 is 0 Å².